The van der Waals surface area contributed by atoms with Gasteiger partial charge in [-0.25, -0.2) is 8.42 Å². The van der Waals surface area contributed by atoms with Crippen LogP contribution < -0.4 is 4.72 Å². The van der Waals surface area contributed by atoms with Crippen molar-refractivity contribution in [1.29, 1.82) is 0 Å². The van der Waals surface area contributed by atoms with Crippen LogP contribution in [0.2, 0.25) is 5.02 Å². The fourth-order valence-electron chi connectivity index (χ4n) is 1.97. The molecule has 0 aliphatic carbocycles. The molecule has 0 spiro atoms. The van der Waals surface area contributed by atoms with E-state index in [2.05, 4.69) is 4.72 Å². The van der Waals surface area contributed by atoms with Gasteiger partial charge in [0, 0.05) is 5.56 Å². The van der Waals surface area contributed by atoms with Gasteiger partial charge in [-0.15, -0.1) is 0 Å². The minimum absolute atomic E-state index is 0.0199. The van der Waals surface area contributed by atoms with Crippen molar-refractivity contribution in [3.63, 3.8) is 0 Å². The van der Waals surface area contributed by atoms with Crippen molar-refractivity contribution in [3.8, 4) is 0 Å². The van der Waals surface area contributed by atoms with E-state index in [1.807, 2.05) is 0 Å². The molecule has 0 aliphatic heterocycles. The topological polar surface area (TPSA) is 63.2 Å². The number of halogens is 4. The summed E-state index contributed by atoms with van der Waals surface area (Å²) in [5.74, 6) is -0.389. The van der Waals surface area contributed by atoms with Crippen molar-refractivity contribution in [3.05, 3.63) is 58.6 Å². The molecular weight excluding hydrogens is 367 g/mol. The maximum atomic E-state index is 12.9. The second-order valence-corrected chi connectivity index (χ2v) is 6.94. The molecule has 2 aromatic carbocycles. The summed E-state index contributed by atoms with van der Waals surface area (Å²) in [5.41, 5.74) is -1.17. The quantitative estimate of drug-likeness (QED) is 0.805. The van der Waals surface area contributed by atoms with Crippen LogP contribution in [0.4, 0.5) is 18.9 Å². The summed E-state index contributed by atoms with van der Waals surface area (Å²) < 4.78 is 65.4. The molecule has 24 heavy (non-hydrogen) atoms. The van der Waals surface area contributed by atoms with Crippen LogP contribution in [0.25, 0.3) is 0 Å². The number of nitrogens with one attached hydrogen (secondary N) is 1. The summed E-state index contributed by atoms with van der Waals surface area (Å²) >= 11 is 5.48. The number of rotatable bonds is 4. The number of para-hydroxylation sites is 1. The smallest absolute Gasteiger partial charge is 0.294 e. The van der Waals surface area contributed by atoms with Gasteiger partial charge in [-0.1, -0.05) is 23.7 Å². The Labute approximate surface area is 141 Å². The maximum absolute atomic E-state index is 12.9. The second kappa shape index (κ2) is 6.45. The normalized spacial score (nSPS) is 12.0. The van der Waals surface area contributed by atoms with Gasteiger partial charge in [-0.2, -0.15) is 13.2 Å². The van der Waals surface area contributed by atoms with E-state index in [0.717, 1.165) is 12.1 Å². The molecule has 0 amide bonds. The molecule has 0 atom stereocenters. The molecular formula is C15H11ClF3NO3S. The van der Waals surface area contributed by atoms with Gasteiger partial charge in [-0.05, 0) is 37.3 Å². The fourth-order valence-corrected chi connectivity index (χ4v) is 3.30. The van der Waals surface area contributed by atoms with Gasteiger partial charge >= 0.3 is 6.18 Å². The van der Waals surface area contributed by atoms with Gasteiger partial charge in [0.2, 0.25) is 0 Å². The zero-order chi connectivity index (χ0) is 18.1. The van der Waals surface area contributed by atoms with E-state index in [9.17, 15) is 26.4 Å². The Morgan fingerprint density at radius 1 is 1.12 bits per heavy atom. The minimum Gasteiger partial charge on any atom is -0.294 e. The largest absolute Gasteiger partial charge is 0.417 e. The van der Waals surface area contributed by atoms with Crippen molar-refractivity contribution in [2.75, 3.05) is 4.72 Å². The first-order chi connectivity index (χ1) is 11.0. The Bertz CT molecular complexity index is 895. The Morgan fingerprint density at radius 3 is 2.33 bits per heavy atom. The molecule has 2 aromatic rings. The summed E-state index contributed by atoms with van der Waals surface area (Å²) in [6.07, 6.45) is -4.79. The van der Waals surface area contributed by atoms with Crippen molar-refractivity contribution in [2.45, 2.75) is 18.0 Å². The van der Waals surface area contributed by atoms with E-state index < -0.39 is 31.7 Å². The zero-order valence-corrected chi connectivity index (χ0v) is 13.8. The van der Waals surface area contributed by atoms with Crippen LogP contribution in [-0.2, 0) is 16.2 Å². The molecule has 0 fully saturated rings. The lowest BCUT2D eigenvalue weighted by Gasteiger charge is -2.13. The van der Waals surface area contributed by atoms with Crippen LogP contribution in [-0.4, -0.2) is 14.2 Å². The van der Waals surface area contributed by atoms with Crippen LogP contribution in [0, 0.1) is 0 Å². The van der Waals surface area contributed by atoms with E-state index in [0.29, 0.717) is 6.07 Å². The van der Waals surface area contributed by atoms with Crippen LogP contribution in [0.3, 0.4) is 0 Å². The highest BCUT2D eigenvalue weighted by Gasteiger charge is 2.34. The molecule has 2 rings (SSSR count). The van der Waals surface area contributed by atoms with Gasteiger partial charge in [0.15, 0.2) is 5.78 Å². The predicted molar refractivity (Wildman–Crippen MR) is 83.7 cm³/mol. The monoisotopic (exact) mass is 377 g/mol. The first-order valence-electron chi connectivity index (χ1n) is 6.52. The Hall–Kier alpha value is -2.06. The minimum atomic E-state index is -4.79. The van der Waals surface area contributed by atoms with Crippen LogP contribution >= 0.6 is 11.6 Å². The third-order valence-electron chi connectivity index (χ3n) is 3.10. The molecule has 1 N–H and O–H groups in total. The molecule has 0 aliphatic rings. The molecule has 0 unspecified atom stereocenters. The van der Waals surface area contributed by atoms with E-state index in [4.69, 9.17) is 11.6 Å². The summed E-state index contributed by atoms with van der Waals surface area (Å²) in [7, 11) is -4.33. The summed E-state index contributed by atoms with van der Waals surface area (Å²) in [6.45, 7) is 1.25. The highest BCUT2D eigenvalue weighted by Crippen LogP contribution is 2.36. The van der Waals surface area contributed by atoms with Crippen molar-refractivity contribution in [2.24, 2.45) is 0 Å². The third-order valence-corrected chi connectivity index (χ3v) is 4.80. The number of Topliss-reactive ketones (excluding diaryl/α,β-unsaturated/α-hetero) is 1. The zero-order valence-electron chi connectivity index (χ0n) is 12.2. The number of hydrogen-bond acceptors (Lipinski definition) is 3. The molecule has 0 aromatic heterocycles. The van der Waals surface area contributed by atoms with Gasteiger partial charge in [0.25, 0.3) is 10.0 Å². The van der Waals surface area contributed by atoms with E-state index in [-0.39, 0.29) is 17.0 Å². The molecule has 9 heteroatoms. The SMILES string of the molecule is CC(=O)c1ccccc1NS(=O)(=O)c1ccc(Cl)c(C(F)(F)F)c1. The van der Waals surface area contributed by atoms with E-state index in [1.54, 1.807) is 6.07 Å². The highest BCUT2D eigenvalue weighted by atomic mass is 35.5. The Morgan fingerprint density at radius 2 is 1.75 bits per heavy atom. The van der Waals surface area contributed by atoms with E-state index in [1.165, 1.54) is 25.1 Å². The average molecular weight is 378 g/mol. The lowest BCUT2D eigenvalue weighted by molar-refractivity contribution is -0.137. The number of benzene rings is 2. The van der Waals surface area contributed by atoms with Crippen LogP contribution in [0.1, 0.15) is 22.8 Å². The standard InChI is InChI=1S/C15H11ClF3NO3S/c1-9(21)11-4-2-3-5-14(11)20-24(22,23)10-6-7-13(16)12(8-10)15(17,18)19/h2-8,20H,1H3. The molecule has 0 saturated heterocycles. The van der Waals surface area contributed by atoms with Crippen molar-refractivity contribution in [1.82, 2.24) is 0 Å². The number of sulfonamides is 1. The highest BCUT2D eigenvalue weighted by molar-refractivity contribution is 7.92. The predicted octanol–water partition coefficient (Wildman–Crippen LogP) is 4.36. The van der Waals surface area contributed by atoms with Crippen molar-refractivity contribution >= 4 is 33.1 Å². The fraction of sp³-hybridized carbons (Fsp3) is 0.133. The third kappa shape index (κ3) is 3.88. The van der Waals surface area contributed by atoms with Gasteiger partial charge in [-0.3, -0.25) is 9.52 Å². The lowest BCUT2D eigenvalue weighted by Crippen LogP contribution is -2.16. The second-order valence-electron chi connectivity index (χ2n) is 4.85. The van der Waals surface area contributed by atoms with Crippen LogP contribution in [0.5, 0.6) is 0 Å². The Kier molecular flexibility index (Phi) is 4.91. The average Bonchev–Trinajstić information content (AvgIpc) is 2.46. The molecule has 0 saturated carbocycles. The summed E-state index contributed by atoms with van der Waals surface area (Å²) in [5, 5.41) is -0.606. The molecule has 0 radical (unpaired) electrons. The number of carbonyl (C=O) groups excluding carboxylic acids is 1. The van der Waals surface area contributed by atoms with Gasteiger partial charge < -0.3 is 0 Å². The number of anilines is 1. The van der Waals surface area contributed by atoms with E-state index >= 15 is 0 Å². The first-order valence-corrected chi connectivity index (χ1v) is 8.38. The lowest BCUT2D eigenvalue weighted by atomic mass is 10.1. The summed E-state index contributed by atoms with van der Waals surface area (Å²) in [6, 6.07) is 8.04. The maximum Gasteiger partial charge on any atom is 0.417 e. The molecule has 0 bridgehead atoms. The number of hydrogen-bond donors (Lipinski definition) is 1. The van der Waals surface area contributed by atoms with Crippen LogP contribution in [0.15, 0.2) is 47.4 Å². The van der Waals surface area contributed by atoms with Gasteiger partial charge in [0.1, 0.15) is 0 Å². The number of carbonyl (C=O) groups is 1. The molecule has 0 heterocycles. The number of ketones is 1. The summed E-state index contributed by atoms with van der Waals surface area (Å²) in [4.78, 5) is 10.9. The molecule has 4 nitrogen and oxygen atoms in total. The Balaban J connectivity index is 2.48. The van der Waals surface area contributed by atoms with Gasteiger partial charge in [0.05, 0.1) is 21.2 Å². The number of alkyl halides is 3. The molecule has 128 valence electrons. The first kappa shape index (κ1) is 18.3. The van der Waals surface area contributed by atoms with Crippen molar-refractivity contribution < 1.29 is 26.4 Å².